The average Bonchev–Trinajstić information content (AvgIpc) is 1.85. The molecule has 0 aromatic rings. The van der Waals surface area contributed by atoms with Crippen LogP contribution in [0.25, 0.3) is 0 Å². The van der Waals surface area contributed by atoms with Crippen molar-refractivity contribution >= 4 is 11.7 Å². The van der Waals surface area contributed by atoms with Crippen LogP contribution in [0.15, 0.2) is 5.10 Å². The van der Waals surface area contributed by atoms with Crippen LogP contribution in [0.1, 0.15) is 13.3 Å². The van der Waals surface area contributed by atoms with E-state index in [4.69, 9.17) is 0 Å². The number of hydrogen-bond donors (Lipinski definition) is 0. The van der Waals surface area contributed by atoms with E-state index in [2.05, 4.69) is 9.84 Å². The fourth-order valence-electron chi connectivity index (χ4n) is 0.658. The standard InChI is InChI=1S/C7H14N2O2/c1-6(8-9(2)3)5-7(10)11-4/h5H2,1-4H3. The Morgan fingerprint density at radius 3 is 2.45 bits per heavy atom. The zero-order chi connectivity index (χ0) is 8.85. The largest absolute Gasteiger partial charge is 0.469 e. The Balaban J connectivity index is 3.86. The molecule has 0 atom stereocenters. The third-order valence-corrected chi connectivity index (χ3v) is 0.999. The zero-order valence-corrected chi connectivity index (χ0v) is 7.42. The van der Waals surface area contributed by atoms with Gasteiger partial charge in [0, 0.05) is 19.8 Å². The molecule has 0 fully saturated rings. The number of hydrazone groups is 1. The van der Waals surface area contributed by atoms with Gasteiger partial charge in [-0.2, -0.15) is 5.10 Å². The van der Waals surface area contributed by atoms with Crippen LogP contribution in [0.3, 0.4) is 0 Å². The first-order chi connectivity index (χ1) is 5.06. The number of esters is 1. The first-order valence-electron chi connectivity index (χ1n) is 3.34. The van der Waals surface area contributed by atoms with Crippen molar-refractivity contribution in [2.75, 3.05) is 21.2 Å². The van der Waals surface area contributed by atoms with Crippen LogP contribution in [0.2, 0.25) is 0 Å². The molecule has 0 saturated carbocycles. The van der Waals surface area contributed by atoms with E-state index in [1.165, 1.54) is 7.11 Å². The molecule has 4 nitrogen and oxygen atoms in total. The zero-order valence-electron chi connectivity index (χ0n) is 7.42. The molecule has 0 aromatic heterocycles. The molecule has 11 heavy (non-hydrogen) atoms. The highest BCUT2D eigenvalue weighted by molar-refractivity contribution is 5.97. The Morgan fingerprint density at radius 2 is 2.09 bits per heavy atom. The van der Waals surface area contributed by atoms with Gasteiger partial charge in [-0.1, -0.05) is 0 Å². The lowest BCUT2D eigenvalue weighted by atomic mass is 10.3. The predicted molar refractivity (Wildman–Crippen MR) is 43.4 cm³/mol. The van der Waals surface area contributed by atoms with E-state index in [1.54, 1.807) is 26.0 Å². The average molecular weight is 158 g/mol. The molecule has 0 unspecified atom stereocenters. The van der Waals surface area contributed by atoms with Crippen molar-refractivity contribution in [3.63, 3.8) is 0 Å². The van der Waals surface area contributed by atoms with E-state index >= 15 is 0 Å². The van der Waals surface area contributed by atoms with Crippen molar-refractivity contribution in [1.29, 1.82) is 0 Å². The Morgan fingerprint density at radius 1 is 1.55 bits per heavy atom. The first kappa shape index (κ1) is 9.94. The first-order valence-corrected chi connectivity index (χ1v) is 3.34. The number of methoxy groups -OCH3 is 1. The molecular formula is C7H14N2O2. The molecule has 0 aliphatic heterocycles. The van der Waals surface area contributed by atoms with Crippen molar-refractivity contribution in [1.82, 2.24) is 5.01 Å². The van der Waals surface area contributed by atoms with Crippen molar-refractivity contribution < 1.29 is 9.53 Å². The highest BCUT2D eigenvalue weighted by Crippen LogP contribution is 1.90. The lowest BCUT2D eigenvalue weighted by molar-refractivity contribution is -0.139. The van der Waals surface area contributed by atoms with Crippen LogP contribution >= 0.6 is 0 Å². The van der Waals surface area contributed by atoms with E-state index in [0.29, 0.717) is 0 Å². The van der Waals surface area contributed by atoms with Gasteiger partial charge in [0.1, 0.15) is 0 Å². The Labute approximate surface area is 66.8 Å². The third-order valence-electron chi connectivity index (χ3n) is 0.999. The molecule has 0 aliphatic rings. The van der Waals surface area contributed by atoms with Crippen LogP contribution in [0.4, 0.5) is 0 Å². The molecule has 0 spiro atoms. The van der Waals surface area contributed by atoms with Gasteiger partial charge >= 0.3 is 5.97 Å². The minimum atomic E-state index is -0.256. The molecule has 0 aliphatic carbocycles. The Kier molecular flexibility index (Phi) is 4.26. The summed E-state index contributed by atoms with van der Waals surface area (Å²) in [5, 5.41) is 5.67. The van der Waals surface area contributed by atoms with Crippen molar-refractivity contribution in [2.24, 2.45) is 5.10 Å². The Bertz CT molecular complexity index is 164. The summed E-state index contributed by atoms with van der Waals surface area (Å²) in [6.07, 6.45) is 0.259. The maximum Gasteiger partial charge on any atom is 0.311 e. The summed E-state index contributed by atoms with van der Waals surface area (Å²) in [5.74, 6) is -0.256. The molecule has 0 rings (SSSR count). The van der Waals surface area contributed by atoms with Crippen LogP contribution in [0, 0.1) is 0 Å². The van der Waals surface area contributed by atoms with E-state index in [1.807, 2.05) is 0 Å². The smallest absolute Gasteiger partial charge is 0.311 e. The summed E-state index contributed by atoms with van der Waals surface area (Å²) >= 11 is 0. The van der Waals surface area contributed by atoms with Gasteiger partial charge in [0.25, 0.3) is 0 Å². The van der Waals surface area contributed by atoms with Gasteiger partial charge in [-0.3, -0.25) is 4.79 Å². The molecule has 0 radical (unpaired) electrons. The second kappa shape index (κ2) is 4.71. The highest BCUT2D eigenvalue weighted by Gasteiger charge is 2.01. The van der Waals surface area contributed by atoms with Gasteiger partial charge in [-0.15, -0.1) is 0 Å². The number of nitrogens with zero attached hydrogens (tertiary/aromatic N) is 2. The minimum absolute atomic E-state index is 0.256. The number of carbonyl (C=O) groups is 1. The number of hydrogen-bond acceptors (Lipinski definition) is 4. The van der Waals surface area contributed by atoms with Gasteiger partial charge < -0.3 is 9.75 Å². The lowest BCUT2D eigenvalue weighted by Crippen LogP contribution is -2.11. The quantitative estimate of drug-likeness (QED) is 0.341. The summed E-state index contributed by atoms with van der Waals surface area (Å²) in [4.78, 5) is 10.7. The molecule has 0 aromatic carbocycles. The number of carbonyl (C=O) groups excluding carboxylic acids is 1. The van der Waals surface area contributed by atoms with E-state index < -0.39 is 0 Å². The fraction of sp³-hybridized carbons (Fsp3) is 0.714. The van der Waals surface area contributed by atoms with Gasteiger partial charge in [-0.25, -0.2) is 0 Å². The van der Waals surface area contributed by atoms with Crippen LogP contribution < -0.4 is 0 Å². The van der Waals surface area contributed by atoms with E-state index in [-0.39, 0.29) is 12.4 Å². The second-order valence-corrected chi connectivity index (χ2v) is 2.44. The number of rotatable bonds is 3. The van der Waals surface area contributed by atoms with Crippen molar-refractivity contribution in [3.8, 4) is 0 Å². The fourth-order valence-corrected chi connectivity index (χ4v) is 0.658. The third kappa shape index (κ3) is 5.39. The van der Waals surface area contributed by atoms with Gasteiger partial charge in [0.05, 0.1) is 13.5 Å². The second-order valence-electron chi connectivity index (χ2n) is 2.44. The lowest BCUT2D eigenvalue weighted by Gasteiger charge is -2.05. The SMILES string of the molecule is COC(=O)CC(C)=NN(C)C. The normalized spacial score (nSPS) is 11.1. The van der Waals surface area contributed by atoms with Crippen LogP contribution in [-0.2, 0) is 9.53 Å². The number of ether oxygens (including phenoxy) is 1. The molecule has 0 amide bonds. The predicted octanol–water partition coefficient (Wildman–Crippen LogP) is 0.487. The molecule has 0 heterocycles. The molecular weight excluding hydrogens is 144 g/mol. The summed E-state index contributed by atoms with van der Waals surface area (Å²) in [5.41, 5.74) is 0.752. The molecule has 0 bridgehead atoms. The van der Waals surface area contributed by atoms with Gasteiger partial charge in [0.15, 0.2) is 0 Å². The Hall–Kier alpha value is -1.06. The van der Waals surface area contributed by atoms with Crippen molar-refractivity contribution in [2.45, 2.75) is 13.3 Å². The molecule has 0 saturated heterocycles. The van der Waals surface area contributed by atoms with E-state index in [9.17, 15) is 4.79 Å². The topological polar surface area (TPSA) is 41.9 Å². The van der Waals surface area contributed by atoms with Gasteiger partial charge in [-0.05, 0) is 6.92 Å². The van der Waals surface area contributed by atoms with Crippen molar-refractivity contribution in [3.05, 3.63) is 0 Å². The maximum atomic E-state index is 10.7. The van der Waals surface area contributed by atoms with Crippen LogP contribution in [0.5, 0.6) is 0 Å². The molecule has 0 N–H and O–H groups in total. The minimum Gasteiger partial charge on any atom is -0.469 e. The molecule has 4 heteroatoms. The summed E-state index contributed by atoms with van der Waals surface area (Å²) in [7, 11) is 4.98. The molecule has 64 valence electrons. The monoisotopic (exact) mass is 158 g/mol. The van der Waals surface area contributed by atoms with Crippen LogP contribution in [-0.4, -0.2) is 37.9 Å². The maximum absolute atomic E-state index is 10.7. The summed E-state index contributed by atoms with van der Waals surface area (Å²) in [6, 6.07) is 0. The summed E-state index contributed by atoms with van der Waals surface area (Å²) < 4.78 is 4.46. The van der Waals surface area contributed by atoms with E-state index in [0.717, 1.165) is 5.71 Å². The summed E-state index contributed by atoms with van der Waals surface area (Å²) in [6.45, 7) is 1.79. The highest BCUT2D eigenvalue weighted by atomic mass is 16.5. The van der Waals surface area contributed by atoms with Gasteiger partial charge in [0.2, 0.25) is 0 Å².